The Hall–Kier alpha value is -1.33. The molecule has 1 rings (SSSR count). The molecular formula is C13H20ClFN2O2. The second-order valence-corrected chi connectivity index (χ2v) is 3.85. The van der Waals surface area contributed by atoms with Crippen molar-refractivity contribution in [1.29, 1.82) is 0 Å². The highest BCUT2D eigenvalue weighted by molar-refractivity contribution is 5.96. The third kappa shape index (κ3) is 5.89. The summed E-state index contributed by atoms with van der Waals surface area (Å²) < 4.78 is 18.1. The van der Waals surface area contributed by atoms with E-state index in [4.69, 9.17) is 4.74 Å². The molecule has 19 heavy (non-hydrogen) atoms. The van der Waals surface area contributed by atoms with Crippen molar-refractivity contribution in [3.8, 4) is 5.75 Å². The Kier molecular flexibility index (Phi) is 8.91. The summed E-state index contributed by atoms with van der Waals surface area (Å²) >= 11 is 0. The summed E-state index contributed by atoms with van der Waals surface area (Å²) in [6.45, 7) is 4.18. The van der Waals surface area contributed by atoms with Gasteiger partial charge in [-0.3, -0.25) is 4.79 Å². The molecule has 0 aliphatic rings. The van der Waals surface area contributed by atoms with Crippen molar-refractivity contribution in [1.82, 2.24) is 10.6 Å². The maximum Gasteiger partial charge on any atom is 0.255 e. The number of rotatable bonds is 7. The number of hydrogen-bond donors (Lipinski definition) is 2. The largest absolute Gasteiger partial charge is 0.496 e. The van der Waals surface area contributed by atoms with Gasteiger partial charge < -0.3 is 15.4 Å². The molecule has 0 saturated heterocycles. The molecule has 6 heteroatoms. The zero-order valence-corrected chi connectivity index (χ0v) is 12.0. The Balaban J connectivity index is 0.00000324. The van der Waals surface area contributed by atoms with Crippen LogP contribution in [0.5, 0.6) is 5.75 Å². The first-order valence-electron chi connectivity index (χ1n) is 6.01. The van der Waals surface area contributed by atoms with E-state index in [1.807, 2.05) is 0 Å². The molecule has 0 fully saturated rings. The summed E-state index contributed by atoms with van der Waals surface area (Å²) in [6.07, 6.45) is 1.05. The van der Waals surface area contributed by atoms with E-state index in [2.05, 4.69) is 17.6 Å². The van der Waals surface area contributed by atoms with Crippen LogP contribution in [0.2, 0.25) is 0 Å². The molecule has 108 valence electrons. The molecule has 1 amide bonds. The fourth-order valence-corrected chi connectivity index (χ4v) is 1.52. The van der Waals surface area contributed by atoms with E-state index >= 15 is 0 Å². The van der Waals surface area contributed by atoms with Gasteiger partial charge in [0, 0.05) is 13.1 Å². The Morgan fingerprint density at radius 1 is 1.32 bits per heavy atom. The van der Waals surface area contributed by atoms with E-state index < -0.39 is 5.82 Å². The number of methoxy groups -OCH3 is 1. The van der Waals surface area contributed by atoms with Gasteiger partial charge in [0.25, 0.3) is 5.91 Å². The quantitative estimate of drug-likeness (QED) is 0.755. The molecule has 0 aliphatic carbocycles. The molecule has 0 heterocycles. The SMILES string of the molecule is CCCNCCNC(=O)c1cc(F)ccc1OC.Cl. The van der Waals surface area contributed by atoms with Gasteiger partial charge in [-0.15, -0.1) is 12.4 Å². The molecule has 0 atom stereocenters. The lowest BCUT2D eigenvalue weighted by Crippen LogP contribution is -2.32. The third-order valence-corrected chi connectivity index (χ3v) is 2.42. The molecular weight excluding hydrogens is 271 g/mol. The van der Waals surface area contributed by atoms with Crippen LogP contribution in [0.25, 0.3) is 0 Å². The average molecular weight is 291 g/mol. The molecule has 2 N–H and O–H groups in total. The summed E-state index contributed by atoms with van der Waals surface area (Å²) in [5, 5.41) is 5.87. The summed E-state index contributed by atoms with van der Waals surface area (Å²) in [4.78, 5) is 11.8. The number of nitrogens with one attached hydrogen (secondary N) is 2. The van der Waals surface area contributed by atoms with Gasteiger partial charge in [-0.1, -0.05) is 6.92 Å². The lowest BCUT2D eigenvalue weighted by molar-refractivity contribution is 0.0950. The number of benzene rings is 1. The summed E-state index contributed by atoms with van der Waals surface area (Å²) in [5.41, 5.74) is 0.216. The first-order valence-corrected chi connectivity index (χ1v) is 6.01. The molecule has 0 bridgehead atoms. The average Bonchev–Trinajstić information content (AvgIpc) is 2.38. The minimum atomic E-state index is -0.454. The predicted molar refractivity (Wildman–Crippen MR) is 75.7 cm³/mol. The van der Waals surface area contributed by atoms with Crippen molar-refractivity contribution in [3.63, 3.8) is 0 Å². The van der Waals surface area contributed by atoms with Crippen LogP contribution in [-0.2, 0) is 0 Å². The van der Waals surface area contributed by atoms with Crippen molar-refractivity contribution < 1.29 is 13.9 Å². The molecule has 0 spiro atoms. The lowest BCUT2D eigenvalue weighted by atomic mass is 10.2. The molecule has 4 nitrogen and oxygen atoms in total. The van der Waals surface area contributed by atoms with Gasteiger partial charge in [0.1, 0.15) is 11.6 Å². The maximum absolute atomic E-state index is 13.1. The lowest BCUT2D eigenvalue weighted by Gasteiger charge is -2.09. The minimum absolute atomic E-state index is 0. The highest BCUT2D eigenvalue weighted by Crippen LogP contribution is 2.18. The van der Waals surface area contributed by atoms with Crippen LogP contribution >= 0.6 is 12.4 Å². The molecule has 1 aromatic carbocycles. The van der Waals surface area contributed by atoms with Crippen LogP contribution in [0.4, 0.5) is 4.39 Å². The highest BCUT2D eigenvalue weighted by atomic mass is 35.5. The van der Waals surface area contributed by atoms with Crippen LogP contribution in [0.3, 0.4) is 0 Å². The van der Waals surface area contributed by atoms with Crippen molar-refractivity contribution >= 4 is 18.3 Å². The van der Waals surface area contributed by atoms with E-state index in [1.54, 1.807) is 0 Å². The van der Waals surface area contributed by atoms with Crippen LogP contribution in [0, 0.1) is 5.82 Å². The normalized spacial score (nSPS) is 9.63. The first-order chi connectivity index (χ1) is 8.69. The first kappa shape index (κ1) is 17.7. The highest BCUT2D eigenvalue weighted by Gasteiger charge is 2.12. The Morgan fingerprint density at radius 2 is 2.05 bits per heavy atom. The summed E-state index contributed by atoms with van der Waals surface area (Å²) in [7, 11) is 1.45. The zero-order valence-electron chi connectivity index (χ0n) is 11.2. The predicted octanol–water partition coefficient (Wildman–Crippen LogP) is 1.99. The number of carbonyl (C=O) groups is 1. The van der Waals surface area contributed by atoms with Crippen LogP contribution in [0.1, 0.15) is 23.7 Å². The van der Waals surface area contributed by atoms with Gasteiger partial charge in [0.2, 0.25) is 0 Å². The Bertz CT molecular complexity index is 402. The summed E-state index contributed by atoms with van der Waals surface area (Å²) in [6, 6.07) is 3.88. The van der Waals surface area contributed by atoms with Crippen molar-refractivity contribution in [2.24, 2.45) is 0 Å². The molecule has 1 aromatic rings. The number of hydrogen-bond acceptors (Lipinski definition) is 3. The van der Waals surface area contributed by atoms with E-state index in [0.29, 0.717) is 18.8 Å². The van der Waals surface area contributed by atoms with Crippen LogP contribution < -0.4 is 15.4 Å². The summed E-state index contributed by atoms with van der Waals surface area (Å²) in [5.74, 6) is -0.412. The second-order valence-electron chi connectivity index (χ2n) is 3.85. The van der Waals surface area contributed by atoms with Crippen molar-refractivity contribution in [3.05, 3.63) is 29.6 Å². The standard InChI is InChI=1S/C13H19FN2O2.ClH/c1-3-6-15-7-8-16-13(17)11-9-10(14)4-5-12(11)18-2;/h4-5,9,15H,3,6-8H2,1-2H3,(H,16,17);1H. The molecule has 0 radical (unpaired) electrons. The zero-order chi connectivity index (χ0) is 13.4. The smallest absolute Gasteiger partial charge is 0.255 e. The van der Waals surface area contributed by atoms with E-state index in [1.165, 1.54) is 25.3 Å². The molecule has 0 aromatic heterocycles. The van der Waals surface area contributed by atoms with Gasteiger partial charge >= 0.3 is 0 Å². The number of carbonyl (C=O) groups excluding carboxylic acids is 1. The maximum atomic E-state index is 13.1. The third-order valence-electron chi connectivity index (χ3n) is 2.42. The van der Waals surface area contributed by atoms with Crippen molar-refractivity contribution in [2.75, 3.05) is 26.7 Å². The van der Waals surface area contributed by atoms with Gasteiger partial charge in [0.15, 0.2) is 0 Å². The van der Waals surface area contributed by atoms with E-state index in [-0.39, 0.29) is 23.9 Å². The van der Waals surface area contributed by atoms with Crippen LogP contribution in [-0.4, -0.2) is 32.7 Å². The molecule has 0 aliphatic heterocycles. The van der Waals surface area contributed by atoms with Gasteiger partial charge in [-0.25, -0.2) is 4.39 Å². The van der Waals surface area contributed by atoms with Crippen LogP contribution in [0.15, 0.2) is 18.2 Å². The van der Waals surface area contributed by atoms with Gasteiger partial charge in [-0.05, 0) is 31.2 Å². The van der Waals surface area contributed by atoms with Gasteiger partial charge in [0.05, 0.1) is 12.7 Å². The molecule has 0 saturated carbocycles. The Morgan fingerprint density at radius 3 is 2.68 bits per heavy atom. The second kappa shape index (κ2) is 9.58. The monoisotopic (exact) mass is 290 g/mol. The van der Waals surface area contributed by atoms with E-state index in [0.717, 1.165) is 13.0 Å². The van der Waals surface area contributed by atoms with Gasteiger partial charge in [-0.2, -0.15) is 0 Å². The van der Waals surface area contributed by atoms with Crippen molar-refractivity contribution in [2.45, 2.75) is 13.3 Å². The number of amides is 1. The Labute approximate surface area is 119 Å². The minimum Gasteiger partial charge on any atom is -0.496 e. The fourth-order valence-electron chi connectivity index (χ4n) is 1.52. The fraction of sp³-hybridized carbons (Fsp3) is 0.462. The van der Waals surface area contributed by atoms with E-state index in [9.17, 15) is 9.18 Å². The topological polar surface area (TPSA) is 50.4 Å². The number of ether oxygens (including phenoxy) is 1. The molecule has 0 unspecified atom stereocenters. The number of halogens is 2.